The van der Waals surface area contributed by atoms with Crippen LogP contribution in [0.4, 0.5) is 0 Å². The smallest absolute Gasteiger partial charge is 0.323 e. The SMILES string of the molecule is CCN(CC(=O)O)C(=O)c1occc1C. The fourth-order valence-electron chi connectivity index (χ4n) is 1.23. The van der Waals surface area contributed by atoms with Gasteiger partial charge in [-0.1, -0.05) is 0 Å². The number of furan rings is 1. The summed E-state index contributed by atoms with van der Waals surface area (Å²) in [6, 6.07) is 1.67. The average Bonchev–Trinajstić information content (AvgIpc) is 2.59. The summed E-state index contributed by atoms with van der Waals surface area (Å²) < 4.78 is 5.01. The first kappa shape index (κ1) is 11.3. The van der Waals surface area contributed by atoms with E-state index in [9.17, 15) is 9.59 Å². The first-order valence-electron chi connectivity index (χ1n) is 4.61. The minimum Gasteiger partial charge on any atom is -0.480 e. The Balaban J connectivity index is 2.82. The Hall–Kier alpha value is -1.78. The molecule has 0 fully saturated rings. The number of carbonyl (C=O) groups excluding carboxylic acids is 1. The number of likely N-dealkylation sites (N-methyl/N-ethyl adjacent to an activating group) is 1. The first-order valence-corrected chi connectivity index (χ1v) is 4.61. The van der Waals surface area contributed by atoms with Crippen molar-refractivity contribution in [2.75, 3.05) is 13.1 Å². The highest BCUT2D eigenvalue weighted by molar-refractivity contribution is 5.94. The van der Waals surface area contributed by atoms with Gasteiger partial charge in [0.2, 0.25) is 0 Å². The highest BCUT2D eigenvalue weighted by Crippen LogP contribution is 2.11. The van der Waals surface area contributed by atoms with Crippen molar-refractivity contribution in [1.82, 2.24) is 4.90 Å². The molecule has 0 aliphatic heterocycles. The zero-order valence-corrected chi connectivity index (χ0v) is 8.69. The number of carboxylic acids is 1. The lowest BCUT2D eigenvalue weighted by Gasteiger charge is -2.17. The number of hydrogen-bond donors (Lipinski definition) is 1. The number of carbonyl (C=O) groups is 2. The maximum Gasteiger partial charge on any atom is 0.323 e. The molecule has 0 saturated carbocycles. The summed E-state index contributed by atoms with van der Waals surface area (Å²) in [5, 5.41) is 8.61. The van der Waals surface area contributed by atoms with Gasteiger partial charge in [0.1, 0.15) is 6.54 Å². The number of amides is 1. The Bertz CT molecular complexity index is 369. The maximum absolute atomic E-state index is 11.8. The molecule has 1 aromatic heterocycles. The van der Waals surface area contributed by atoms with Crippen molar-refractivity contribution in [1.29, 1.82) is 0 Å². The van der Waals surface area contributed by atoms with Gasteiger partial charge >= 0.3 is 5.97 Å². The molecule has 1 N–H and O–H groups in total. The van der Waals surface area contributed by atoms with Crippen LogP contribution in [0.2, 0.25) is 0 Å². The van der Waals surface area contributed by atoms with Gasteiger partial charge in [-0.05, 0) is 19.9 Å². The fourth-order valence-corrected chi connectivity index (χ4v) is 1.23. The van der Waals surface area contributed by atoms with E-state index in [1.807, 2.05) is 0 Å². The lowest BCUT2D eigenvalue weighted by molar-refractivity contribution is -0.137. The zero-order chi connectivity index (χ0) is 11.4. The third-order valence-electron chi connectivity index (χ3n) is 2.05. The predicted molar refractivity (Wildman–Crippen MR) is 52.7 cm³/mol. The van der Waals surface area contributed by atoms with Crippen molar-refractivity contribution in [2.45, 2.75) is 13.8 Å². The predicted octanol–water partition coefficient (Wildman–Crippen LogP) is 1.13. The van der Waals surface area contributed by atoms with E-state index in [4.69, 9.17) is 9.52 Å². The molecule has 1 amide bonds. The Morgan fingerprint density at radius 3 is 2.60 bits per heavy atom. The number of nitrogens with zero attached hydrogens (tertiary/aromatic N) is 1. The molecule has 5 nitrogen and oxygen atoms in total. The van der Waals surface area contributed by atoms with Crippen LogP contribution in [0, 0.1) is 6.92 Å². The minimum absolute atomic E-state index is 0.207. The van der Waals surface area contributed by atoms with Crippen LogP contribution in [-0.4, -0.2) is 35.0 Å². The Morgan fingerprint density at radius 2 is 2.20 bits per heavy atom. The second kappa shape index (κ2) is 4.63. The van der Waals surface area contributed by atoms with E-state index >= 15 is 0 Å². The third kappa shape index (κ3) is 2.59. The van der Waals surface area contributed by atoms with Gasteiger partial charge in [0.15, 0.2) is 5.76 Å². The third-order valence-corrected chi connectivity index (χ3v) is 2.05. The number of hydrogen-bond acceptors (Lipinski definition) is 3. The largest absolute Gasteiger partial charge is 0.480 e. The second-order valence-electron chi connectivity index (χ2n) is 3.15. The quantitative estimate of drug-likeness (QED) is 0.810. The Kier molecular flexibility index (Phi) is 3.49. The molecule has 15 heavy (non-hydrogen) atoms. The molecule has 1 heterocycles. The minimum atomic E-state index is -1.03. The molecular formula is C10H13NO4. The van der Waals surface area contributed by atoms with Gasteiger partial charge in [-0.15, -0.1) is 0 Å². The lowest BCUT2D eigenvalue weighted by atomic mass is 10.2. The van der Waals surface area contributed by atoms with Crippen molar-refractivity contribution in [3.8, 4) is 0 Å². The number of aryl methyl sites for hydroxylation is 1. The summed E-state index contributed by atoms with van der Waals surface area (Å²) >= 11 is 0. The van der Waals surface area contributed by atoms with Gasteiger partial charge < -0.3 is 14.4 Å². The summed E-state index contributed by atoms with van der Waals surface area (Å²) in [7, 11) is 0. The highest BCUT2D eigenvalue weighted by Gasteiger charge is 2.20. The molecule has 0 aromatic carbocycles. The highest BCUT2D eigenvalue weighted by atomic mass is 16.4. The molecule has 5 heteroatoms. The van der Waals surface area contributed by atoms with Crippen molar-refractivity contribution in [3.63, 3.8) is 0 Å². The molecule has 0 bridgehead atoms. The molecule has 1 rings (SSSR count). The van der Waals surface area contributed by atoms with E-state index in [1.165, 1.54) is 11.2 Å². The van der Waals surface area contributed by atoms with Crippen LogP contribution in [-0.2, 0) is 4.79 Å². The van der Waals surface area contributed by atoms with E-state index < -0.39 is 5.97 Å². The zero-order valence-electron chi connectivity index (χ0n) is 8.69. The number of carboxylic acid groups (broad SMARTS) is 1. The average molecular weight is 211 g/mol. The van der Waals surface area contributed by atoms with Crippen LogP contribution in [0.15, 0.2) is 16.7 Å². The summed E-state index contributed by atoms with van der Waals surface area (Å²) in [6.45, 7) is 3.49. The molecule has 1 aromatic rings. The van der Waals surface area contributed by atoms with Crippen molar-refractivity contribution < 1.29 is 19.1 Å². The second-order valence-corrected chi connectivity index (χ2v) is 3.15. The molecule has 0 spiro atoms. The molecule has 0 atom stereocenters. The van der Waals surface area contributed by atoms with Crippen LogP contribution in [0.25, 0.3) is 0 Å². The van der Waals surface area contributed by atoms with Gasteiger partial charge in [0.05, 0.1) is 6.26 Å². The van der Waals surface area contributed by atoms with Gasteiger partial charge in [-0.25, -0.2) is 0 Å². The normalized spacial score (nSPS) is 10.0. The summed E-state index contributed by atoms with van der Waals surface area (Å²) in [4.78, 5) is 23.5. The maximum atomic E-state index is 11.8. The lowest BCUT2D eigenvalue weighted by Crippen LogP contribution is -2.35. The van der Waals surface area contributed by atoms with Crippen molar-refractivity contribution in [3.05, 3.63) is 23.7 Å². The molecule has 0 saturated heterocycles. The van der Waals surface area contributed by atoms with Crippen LogP contribution in [0.5, 0.6) is 0 Å². The van der Waals surface area contributed by atoms with Gasteiger partial charge in [0.25, 0.3) is 5.91 Å². The summed E-state index contributed by atoms with van der Waals surface area (Å²) in [5.41, 5.74) is 0.712. The van der Waals surface area contributed by atoms with Gasteiger partial charge in [0, 0.05) is 12.1 Å². The number of rotatable bonds is 4. The first-order chi connectivity index (χ1) is 7.06. The molecular weight excluding hydrogens is 198 g/mol. The van der Waals surface area contributed by atoms with E-state index in [-0.39, 0.29) is 18.2 Å². The Labute approximate surface area is 87.3 Å². The summed E-state index contributed by atoms with van der Waals surface area (Å²) in [6.07, 6.45) is 1.41. The molecule has 0 aliphatic carbocycles. The topological polar surface area (TPSA) is 70.8 Å². The van der Waals surface area contributed by atoms with Crippen LogP contribution in [0.1, 0.15) is 23.0 Å². The monoisotopic (exact) mass is 211 g/mol. The molecule has 0 unspecified atom stereocenters. The number of aliphatic carboxylic acids is 1. The van der Waals surface area contributed by atoms with Crippen molar-refractivity contribution in [2.24, 2.45) is 0 Å². The summed E-state index contributed by atoms with van der Waals surface area (Å²) in [5.74, 6) is -1.21. The van der Waals surface area contributed by atoms with Crippen LogP contribution >= 0.6 is 0 Å². The van der Waals surface area contributed by atoms with E-state index in [0.29, 0.717) is 12.1 Å². The van der Waals surface area contributed by atoms with Gasteiger partial charge in [-0.3, -0.25) is 9.59 Å². The molecule has 0 aliphatic rings. The van der Waals surface area contributed by atoms with Crippen LogP contribution in [0.3, 0.4) is 0 Å². The van der Waals surface area contributed by atoms with E-state index in [1.54, 1.807) is 19.9 Å². The molecule has 82 valence electrons. The Morgan fingerprint density at radius 1 is 1.53 bits per heavy atom. The van der Waals surface area contributed by atoms with Gasteiger partial charge in [-0.2, -0.15) is 0 Å². The fraction of sp³-hybridized carbons (Fsp3) is 0.400. The van der Waals surface area contributed by atoms with Crippen molar-refractivity contribution >= 4 is 11.9 Å². The van der Waals surface area contributed by atoms with E-state index in [2.05, 4.69) is 0 Å². The standard InChI is InChI=1S/C10H13NO4/c1-3-11(6-8(12)13)10(14)9-7(2)4-5-15-9/h4-5H,3,6H2,1-2H3,(H,12,13). The van der Waals surface area contributed by atoms with Crippen LogP contribution < -0.4 is 0 Å². The molecule has 0 radical (unpaired) electrons. The van der Waals surface area contributed by atoms with E-state index in [0.717, 1.165) is 0 Å².